The third kappa shape index (κ3) is 3.12. The largest absolute Gasteiger partial charge is 0.394 e. The van der Waals surface area contributed by atoms with Gasteiger partial charge in [0.1, 0.15) is 11.9 Å². The molecule has 0 bridgehead atoms. The lowest BCUT2D eigenvalue weighted by atomic mass is 10.3. The van der Waals surface area contributed by atoms with Crippen LogP contribution in [-0.2, 0) is 0 Å². The fraction of sp³-hybridized carbons (Fsp3) is 0.375. The molecular formula is C8H10BrN3O4. The van der Waals surface area contributed by atoms with Gasteiger partial charge < -0.3 is 15.5 Å². The Morgan fingerprint density at radius 2 is 2.31 bits per heavy atom. The van der Waals surface area contributed by atoms with E-state index in [1.165, 1.54) is 6.20 Å². The van der Waals surface area contributed by atoms with E-state index in [4.69, 9.17) is 10.2 Å². The van der Waals surface area contributed by atoms with Crippen molar-refractivity contribution in [3.63, 3.8) is 0 Å². The Bertz CT molecular complexity index is 388. The molecule has 8 heteroatoms. The number of aromatic nitrogens is 1. The van der Waals surface area contributed by atoms with Gasteiger partial charge in [-0.05, 0) is 15.9 Å². The van der Waals surface area contributed by atoms with Crippen LogP contribution in [0.4, 0.5) is 11.4 Å². The quantitative estimate of drug-likeness (QED) is 0.539. The van der Waals surface area contributed by atoms with Gasteiger partial charge in [0.25, 0.3) is 0 Å². The molecule has 0 saturated heterocycles. The molecule has 1 heterocycles. The summed E-state index contributed by atoms with van der Waals surface area (Å²) < 4.78 is 0.423. The molecule has 0 amide bonds. The van der Waals surface area contributed by atoms with Crippen molar-refractivity contribution >= 4 is 27.3 Å². The van der Waals surface area contributed by atoms with Gasteiger partial charge in [0.2, 0.25) is 0 Å². The number of pyridine rings is 1. The standard InChI is InChI=1S/C8H10BrN3O4/c9-6-2-10-3-7(12(15)16)8(6)11-1-5(14)4-13/h2-3,5,13-14H,1,4H2,(H,10,11)/t5-/m1/s1. The predicted molar refractivity (Wildman–Crippen MR) is 60.2 cm³/mol. The molecule has 0 radical (unpaired) electrons. The van der Waals surface area contributed by atoms with E-state index < -0.39 is 17.6 Å². The maximum Gasteiger partial charge on any atom is 0.311 e. The molecule has 0 aliphatic heterocycles. The van der Waals surface area contributed by atoms with Crippen LogP contribution in [0.15, 0.2) is 16.9 Å². The van der Waals surface area contributed by atoms with Gasteiger partial charge in [-0.2, -0.15) is 0 Å². The average Bonchev–Trinajstić information content (AvgIpc) is 2.26. The first-order chi connectivity index (χ1) is 7.56. The van der Waals surface area contributed by atoms with E-state index in [-0.39, 0.29) is 17.9 Å². The third-order valence-electron chi connectivity index (χ3n) is 1.80. The molecule has 16 heavy (non-hydrogen) atoms. The van der Waals surface area contributed by atoms with E-state index in [0.29, 0.717) is 4.47 Å². The Labute approximate surface area is 99.4 Å². The molecule has 0 saturated carbocycles. The summed E-state index contributed by atoms with van der Waals surface area (Å²) in [6.45, 7) is -0.399. The summed E-state index contributed by atoms with van der Waals surface area (Å²) >= 11 is 3.11. The number of rotatable bonds is 5. The number of nitro groups is 1. The van der Waals surface area contributed by atoms with Crippen LogP contribution in [0.3, 0.4) is 0 Å². The van der Waals surface area contributed by atoms with Crippen molar-refractivity contribution in [1.82, 2.24) is 4.98 Å². The highest BCUT2D eigenvalue weighted by atomic mass is 79.9. The number of hydrogen-bond donors (Lipinski definition) is 3. The zero-order chi connectivity index (χ0) is 12.1. The lowest BCUT2D eigenvalue weighted by molar-refractivity contribution is -0.384. The average molecular weight is 292 g/mol. The molecule has 3 N–H and O–H groups in total. The van der Waals surface area contributed by atoms with Crippen molar-refractivity contribution in [2.75, 3.05) is 18.5 Å². The molecule has 1 rings (SSSR count). The van der Waals surface area contributed by atoms with Crippen LogP contribution in [0.25, 0.3) is 0 Å². The second-order valence-corrected chi connectivity index (χ2v) is 3.84. The number of anilines is 1. The minimum atomic E-state index is -0.973. The number of nitrogens with zero attached hydrogens (tertiary/aromatic N) is 2. The van der Waals surface area contributed by atoms with Crippen LogP contribution >= 0.6 is 15.9 Å². The van der Waals surface area contributed by atoms with Crippen LogP contribution < -0.4 is 5.32 Å². The highest BCUT2D eigenvalue weighted by Crippen LogP contribution is 2.30. The topological polar surface area (TPSA) is 109 Å². The first-order valence-electron chi connectivity index (χ1n) is 4.37. The minimum Gasteiger partial charge on any atom is -0.394 e. The molecule has 0 unspecified atom stereocenters. The van der Waals surface area contributed by atoms with Gasteiger partial charge in [-0.3, -0.25) is 15.1 Å². The van der Waals surface area contributed by atoms with Gasteiger partial charge in [0.15, 0.2) is 0 Å². The Morgan fingerprint density at radius 3 is 2.88 bits per heavy atom. The second kappa shape index (κ2) is 5.73. The van der Waals surface area contributed by atoms with Crippen LogP contribution in [0.5, 0.6) is 0 Å². The molecule has 1 aromatic heterocycles. The number of halogens is 1. The van der Waals surface area contributed by atoms with E-state index in [1.54, 1.807) is 0 Å². The maximum atomic E-state index is 10.7. The van der Waals surface area contributed by atoms with Crippen LogP contribution in [0, 0.1) is 10.1 Å². The molecule has 0 aromatic carbocycles. The van der Waals surface area contributed by atoms with E-state index in [9.17, 15) is 10.1 Å². The first kappa shape index (κ1) is 12.8. The monoisotopic (exact) mass is 291 g/mol. The Morgan fingerprint density at radius 1 is 1.62 bits per heavy atom. The SMILES string of the molecule is O=[N+]([O-])c1cncc(Br)c1NC[C@@H](O)CO. The van der Waals surface area contributed by atoms with Gasteiger partial charge in [-0.1, -0.05) is 0 Å². The summed E-state index contributed by atoms with van der Waals surface area (Å²) in [5.41, 5.74) is 0.0343. The number of aliphatic hydroxyl groups excluding tert-OH is 2. The van der Waals surface area contributed by atoms with Gasteiger partial charge >= 0.3 is 5.69 Å². The van der Waals surface area contributed by atoms with E-state index in [2.05, 4.69) is 26.2 Å². The molecule has 88 valence electrons. The van der Waals surface area contributed by atoms with Gasteiger partial charge in [0, 0.05) is 12.7 Å². The van der Waals surface area contributed by atoms with E-state index in [1.807, 2.05) is 0 Å². The highest BCUT2D eigenvalue weighted by Gasteiger charge is 2.17. The van der Waals surface area contributed by atoms with Gasteiger partial charge in [-0.15, -0.1) is 0 Å². The van der Waals surface area contributed by atoms with Crippen molar-refractivity contribution in [3.8, 4) is 0 Å². The minimum absolute atomic E-state index is 0.0138. The summed E-state index contributed by atoms with van der Waals surface area (Å²) in [7, 11) is 0. The lowest BCUT2D eigenvalue weighted by Gasteiger charge is -2.11. The third-order valence-corrected chi connectivity index (χ3v) is 2.40. The Hall–Kier alpha value is -1.25. The van der Waals surface area contributed by atoms with Gasteiger partial charge in [-0.25, -0.2) is 0 Å². The number of nitrogens with one attached hydrogen (secondary N) is 1. The number of aliphatic hydroxyl groups is 2. The number of hydrogen-bond acceptors (Lipinski definition) is 6. The molecule has 0 spiro atoms. The smallest absolute Gasteiger partial charge is 0.311 e. The first-order valence-corrected chi connectivity index (χ1v) is 5.16. The second-order valence-electron chi connectivity index (χ2n) is 2.99. The Balaban J connectivity index is 2.88. The molecular weight excluding hydrogens is 282 g/mol. The predicted octanol–water partition coefficient (Wildman–Crippen LogP) is 0.517. The summed E-state index contributed by atoms with van der Waals surface area (Å²) in [5, 5.41) is 31.1. The van der Waals surface area contributed by atoms with Crippen molar-refractivity contribution in [2.45, 2.75) is 6.10 Å². The molecule has 0 aliphatic carbocycles. The fourth-order valence-electron chi connectivity index (χ4n) is 1.02. The molecule has 0 aliphatic rings. The summed E-state index contributed by atoms with van der Waals surface area (Å²) in [5.74, 6) is 0. The van der Waals surface area contributed by atoms with E-state index >= 15 is 0 Å². The summed E-state index contributed by atoms with van der Waals surface area (Å²) in [6, 6.07) is 0. The van der Waals surface area contributed by atoms with Crippen LogP contribution in [0.2, 0.25) is 0 Å². The lowest BCUT2D eigenvalue weighted by Crippen LogP contribution is -2.23. The zero-order valence-corrected chi connectivity index (χ0v) is 9.72. The fourth-order valence-corrected chi connectivity index (χ4v) is 1.48. The normalized spacial score (nSPS) is 12.2. The van der Waals surface area contributed by atoms with Crippen LogP contribution in [-0.4, -0.2) is 39.4 Å². The van der Waals surface area contributed by atoms with Crippen molar-refractivity contribution in [2.24, 2.45) is 0 Å². The van der Waals surface area contributed by atoms with Crippen molar-refractivity contribution in [3.05, 3.63) is 27.0 Å². The van der Waals surface area contributed by atoms with E-state index in [0.717, 1.165) is 6.20 Å². The van der Waals surface area contributed by atoms with Gasteiger partial charge in [0.05, 0.1) is 22.1 Å². The highest BCUT2D eigenvalue weighted by molar-refractivity contribution is 9.10. The van der Waals surface area contributed by atoms with Crippen molar-refractivity contribution in [1.29, 1.82) is 0 Å². The summed E-state index contributed by atoms with van der Waals surface area (Å²) in [6.07, 6.45) is 1.54. The van der Waals surface area contributed by atoms with Crippen LogP contribution in [0.1, 0.15) is 0 Å². The molecule has 7 nitrogen and oxygen atoms in total. The molecule has 1 atom stereocenters. The zero-order valence-electron chi connectivity index (χ0n) is 8.13. The molecule has 1 aromatic rings. The molecule has 0 fully saturated rings. The Kier molecular flexibility index (Phi) is 4.59. The maximum absolute atomic E-state index is 10.7. The summed E-state index contributed by atoms with van der Waals surface area (Å²) in [4.78, 5) is 13.8. The van der Waals surface area contributed by atoms with Crippen molar-refractivity contribution < 1.29 is 15.1 Å².